The van der Waals surface area contributed by atoms with Crippen LogP contribution < -0.4 is 11.3 Å². The molecule has 2 aromatic rings. The van der Waals surface area contributed by atoms with Gasteiger partial charge in [-0.2, -0.15) is 11.8 Å². The van der Waals surface area contributed by atoms with E-state index in [4.69, 9.17) is 5.73 Å². The zero-order chi connectivity index (χ0) is 13.1. The number of hydrogen-bond donors (Lipinski definition) is 2. The Balaban J connectivity index is 2.49. The van der Waals surface area contributed by atoms with Crippen molar-refractivity contribution in [3.05, 3.63) is 46.0 Å². The van der Waals surface area contributed by atoms with Crippen LogP contribution in [0.2, 0.25) is 0 Å². The standard InChI is InChI=1S/C13H15N3OS/c1-8-3-4-9(5-10(8)14)11-6-13(17)16-12(15-11)7-18-2/h3-6H,7,14H2,1-2H3,(H,15,16,17). The van der Waals surface area contributed by atoms with E-state index in [0.717, 1.165) is 11.1 Å². The Kier molecular flexibility index (Phi) is 3.72. The third-order valence-corrected chi connectivity index (χ3v) is 3.21. The molecular weight excluding hydrogens is 246 g/mol. The lowest BCUT2D eigenvalue weighted by atomic mass is 10.1. The van der Waals surface area contributed by atoms with Crippen LogP contribution in [0.3, 0.4) is 0 Å². The summed E-state index contributed by atoms with van der Waals surface area (Å²) in [6, 6.07) is 7.20. The first-order chi connectivity index (χ1) is 8.60. The van der Waals surface area contributed by atoms with Crippen molar-refractivity contribution in [1.29, 1.82) is 0 Å². The Morgan fingerprint density at radius 1 is 1.39 bits per heavy atom. The molecule has 94 valence electrons. The summed E-state index contributed by atoms with van der Waals surface area (Å²) in [5.74, 6) is 1.37. The smallest absolute Gasteiger partial charge is 0.251 e. The Labute approximate surface area is 110 Å². The predicted octanol–water partition coefficient (Wildman–Crippen LogP) is 2.19. The minimum Gasteiger partial charge on any atom is -0.398 e. The van der Waals surface area contributed by atoms with E-state index in [1.165, 1.54) is 6.07 Å². The van der Waals surface area contributed by atoms with Crippen LogP contribution in [0, 0.1) is 6.92 Å². The number of anilines is 1. The molecule has 2 rings (SSSR count). The summed E-state index contributed by atoms with van der Waals surface area (Å²) in [7, 11) is 0. The number of thioether (sulfide) groups is 1. The van der Waals surface area contributed by atoms with Crippen molar-refractivity contribution >= 4 is 17.4 Å². The van der Waals surface area contributed by atoms with Gasteiger partial charge >= 0.3 is 0 Å². The van der Waals surface area contributed by atoms with Gasteiger partial charge < -0.3 is 10.7 Å². The first kappa shape index (κ1) is 12.7. The largest absolute Gasteiger partial charge is 0.398 e. The number of nitrogens with two attached hydrogens (primary N) is 1. The summed E-state index contributed by atoms with van der Waals surface area (Å²) in [4.78, 5) is 18.7. The molecule has 0 amide bonds. The van der Waals surface area contributed by atoms with E-state index < -0.39 is 0 Å². The number of nitrogens with one attached hydrogen (secondary N) is 1. The van der Waals surface area contributed by atoms with Crippen LogP contribution in [0.1, 0.15) is 11.4 Å². The minimum absolute atomic E-state index is 0.136. The van der Waals surface area contributed by atoms with E-state index in [0.29, 0.717) is 23.0 Å². The number of aromatic nitrogens is 2. The SMILES string of the molecule is CSCc1nc(-c2ccc(C)c(N)c2)cc(=O)[nH]1. The van der Waals surface area contributed by atoms with Crippen molar-refractivity contribution < 1.29 is 0 Å². The number of hydrogen-bond acceptors (Lipinski definition) is 4. The average molecular weight is 261 g/mol. The quantitative estimate of drug-likeness (QED) is 0.831. The van der Waals surface area contributed by atoms with Gasteiger partial charge in [0.1, 0.15) is 5.82 Å². The maximum absolute atomic E-state index is 11.6. The molecule has 1 heterocycles. The molecule has 0 radical (unpaired) electrons. The fraction of sp³-hybridized carbons (Fsp3) is 0.231. The van der Waals surface area contributed by atoms with E-state index in [1.807, 2.05) is 31.4 Å². The van der Waals surface area contributed by atoms with Gasteiger partial charge in [0.05, 0.1) is 11.4 Å². The number of aryl methyl sites for hydroxylation is 1. The predicted molar refractivity (Wildman–Crippen MR) is 76.7 cm³/mol. The van der Waals surface area contributed by atoms with Crippen LogP contribution >= 0.6 is 11.8 Å². The summed E-state index contributed by atoms with van der Waals surface area (Å²) >= 11 is 1.62. The molecule has 4 nitrogen and oxygen atoms in total. The first-order valence-corrected chi connectivity index (χ1v) is 6.95. The van der Waals surface area contributed by atoms with Crippen molar-refractivity contribution in [2.24, 2.45) is 0 Å². The molecule has 1 aromatic heterocycles. The summed E-state index contributed by atoms with van der Waals surface area (Å²) in [6.45, 7) is 1.95. The molecule has 0 unspecified atom stereocenters. The molecule has 0 bridgehead atoms. The van der Waals surface area contributed by atoms with Crippen molar-refractivity contribution in [2.75, 3.05) is 12.0 Å². The van der Waals surface area contributed by atoms with Gasteiger partial charge in [0.15, 0.2) is 0 Å². The molecule has 3 N–H and O–H groups in total. The van der Waals surface area contributed by atoms with Crippen LogP contribution in [-0.2, 0) is 5.75 Å². The molecular formula is C13H15N3OS. The third-order valence-electron chi connectivity index (χ3n) is 2.65. The van der Waals surface area contributed by atoms with E-state index >= 15 is 0 Å². The Bertz CT molecular complexity index is 622. The second kappa shape index (κ2) is 5.27. The van der Waals surface area contributed by atoms with E-state index in [-0.39, 0.29) is 5.56 Å². The molecule has 0 aliphatic rings. The summed E-state index contributed by atoms with van der Waals surface area (Å²) in [5, 5.41) is 0. The summed E-state index contributed by atoms with van der Waals surface area (Å²) in [6.07, 6.45) is 1.97. The lowest BCUT2D eigenvalue weighted by Crippen LogP contribution is -2.10. The Hall–Kier alpha value is -1.75. The van der Waals surface area contributed by atoms with Crippen molar-refractivity contribution in [3.8, 4) is 11.3 Å². The second-order valence-electron chi connectivity index (χ2n) is 4.08. The molecule has 5 heteroatoms. The molecule has 0 aliphatic carbocycles. The van der Waals surface area contributed by atoms with Crippen LogP contribution in [0.25, 0.3) is 11.3 Å². The summed E-state index contributed by atoms with van der Waals surface area (Å²) < 4.78 is 0. The van der Waals surface area contributed by atoms with Gasteiger partial charge in [-0.3, -0.25) is 4.79 Å². The van der Waals surface area contributed by atoms with Gasteiger partial charge in [-0.25, -0.2) is 4.98 Å². The lowest BCUT2D eigenvalue weighted by Gasteiger charge is -2.06. The van der Waals surface area contributed by atoms with Gasteiger partial charge in [0.25, 0.3) is 5.56 Å². The molecule has 0 fully saturated rings. The minimum atomic E-state index is -0.136. The maximum atomic E-state index is 11.6. The highest BCUT2D eigenvalue weighted by atomic mass is 32.2. The lowest BCUT2D eigenvalue weighted by molar-refractivity contribution is 1.01. The zero-order valence-corrected chi connectivity index (χ0v) is 11.2. The van der Waals surface area contributed by atoms with E-state index in [2.05, 4.69) is 9.97 Å². The fourth-order valence-corrected chi connectivity index (χ4v) is 2.07. The van der Waals surface area contributed by atoms with Gasteiger partial charge in [0, 0.05) is 17.3 Å². The molecule has 0 spiro atoms. The van der Waals surface area contributed by atoms with Crippen molar-refractivity contribution in [1.82, 2.24) is 9.97 Å². The number of benzene rings is 1. The molecule has 0 atom stereocenters. The second-order valence-corrected chi connectivity index (χ2v) is 4.95. The highest BCUT2D eigenvalue weighted by molar-refractivity contribution is 7.97. The third kappa shape index (κ3) is 2.73. The number of rotatable bonds is 3. The van der Waals surface area contributed by atoms with Gasteiger partial charge in [-0.05, 0) is 24.8 Å². The number of nitrogen functional groups attached to an aromatic ring is 1. The molecule has 0 aliphatic heterocycles. The van der Waals surface area contributed by atoms with Crippen LogP contribution in [0.5, 0.6) is 0 Å². The highest BCUT2D eigenvalue weighted by Crippen LogP contribution is 2.21. The molecule has 0 saturated carbocycles. The van der Waals surface area contributed by atoms with E-state index in [9.17, 15) is 4.79 Å². The van der Waals surface area contributed by atoms with Crippen molar-refractivity contribution in [2.45, 2.75) is 12.7 Å². The average Bonchev–Trinajstić information content (AvgIpc) is 2.32. The van der Waals surface area contributed by atoms with Crippen LogP contribution in [0.15, 0.2) is 29.1 Å². The number of H-pyrrole nitrogens is 1. The fourth-order valence-electron chi connectivity index (χ4n) is 1.66. The first-order valence-electron chi connectivity index (χ1n) is 5.56. The van der Waals surface area contributed by atoms with Crippen LogP contribution in [0.4, 0.5) is 5.69 Å². The highest BCUT2D eigenvalue weighted by Gasteiger charge is 2.05. The number of aromatic amines is 1. The van der Waals surface area contributed by atoms with Crippen LogP contribution in [-0.4, -0.2) is 16.2 Å². The normalized spacial score (nSPS) is 10.6. The van der Waals surface area contributed by atoms with Gasteiger partial charge in [-0.15, -0.1) is 0 Å². The Morgan fingerprint density at radius 3 is 2.83 bits per heavy atom. The topological polar surface area (TPSA) is 71.8 Å². The molecule has 18 heavy (non-hydrogen) atoms. The zero-order valence-electron chi connectivity index (χ0n) is 10.4. The molecule has 1 aromatic carbocycles. The monoisotopic (exact) mass is 261 g/mol. The van der Waals surface area contributed by atoms with Gasteiger partial charge in [-0.1, -0.05) is 12.1 Å². The maximum Gasteiger partial charge on any atom is 0.251 e. The van der Waals surface area contributed by atoms with E-state index in [1.54, 1.807) is 11.8 Å². The molecule has 0 saturated heterocycles. The van der Waals surface area contributed by atoms with Gasteiger partial charge in [0.2, 0.25) is 0 Å². The Morgan fingerprint density at radius 2 is 2.17 bits per heavy atom. The van der Waals surface area contributed by atoms with Crippen molar-refractivity contribution in [3.63, 3.8) is 0 Å². The summed E-state index contributed by atoms with van der Waals surface area (Å²) in [5.41, 5.74) is 9.00. The number of nitrogens with zero attached hydrogens (tertiary/aromatic N) is 1.